The van der Waals surface area contributed by atoms with E-state index in [1.807, 2.05) is 18.0 Å². The van der Waals surface area contributed by atoms with E-state index in [9.17, 15) is 0 Å². The minimum atomic E-state index is 0.376. The zero-order valence-corrected chi connectivity index (χ0v) is 8.16. The van der Waals surface area contributed by atoms with Gasteiger partial charge in [0.25, 0.3) is 0 Å². The lowest BCUT2D eigenvalue weighted by Gasteiger charge is -2.01. The lowest BCUT2D eigenvalue weighted by molar-refractivity contribution is 0.955. The monoisotopic (exact) mass is 200 g/mol. The predicted molar refractivity (Wildman–Crippen MR) is 51.8 cm³/mol. The van der Waals surface area contributed by atoms with Crippen molar-refractivity contribution >= 4 is 23.4 Å². The Morgan fingerprint density at radius 1 is 1.33 bits per heavy atom. The molecule has 1 aromatic rings. The molecule has 0 atom stereocenters. The van der Waals surface area contributed by atoms with Crippen LogP contribution in [0.3, 0.4) is 0 Å². The van der Waals surface area contributed by atoms with Crippen LogP contribution in [0.1, 0.15) is 11.3 Å². The van der Waals surface area contributed by atoms with Crippen molar-refractivity contribution in [1.82, 2.24) is 9.97 Å². The molecule has 2 rings (SSSR count). The van der Waals surface area contributed by atoms with E-state index in [4.69, 9.17) is 11.6 Å². The summed E-state index contributed by atoms with van der Waals surface area (Å²) in [6, 6.07) is 0. The Morgan fingerprint density at radius 2 is 2.17 bits per heavy atom. The van der Waals surface area contributed by atoms with Crippen LogP contribution in [0.15, 0.2) is 6.20 Å². The second-order valence-corrected chi connectivity index (χ2v) is 4.29. The standard InChI is InChI=1S/C8H9ClN2S/c9-8-10-5-6-1-3-12-4-2-7(6)11-8/h5H,1-4H2. The van der Waals surface area contributed by atoms with Crippen LogP contribution in [0.2, 0.25) is 5.28 Å². The first kappa shape index (κ1) is 8.32. The zero-order chi connectivity index (χ0) is 8.39. The zero-order valence-electron chi connectivity index (χ0n) is 6.59. The topological polar surface area (TPSA) is 25.8 Å². The number of nitrogens with zero attached hydrogens (tertiary/aromatic N) is 2. The van der Waals surface area contributed by atoms with Gasteiger partial charge in [0.05, 0.1) is 0 Å². The number of hydrogen-bond donors (Lipinski definition) is 0. The molecule has 0 fully saturated rings. The van der Waals surface area contributed by atoms with Crippen molar-refractivity contribution < 1.29 is 0 Å². The molecule has 1 aliphatic rings. The quantitative estimate of drug-likeness (QED) is 0.599. The highest BCUT2D eigenvalue weighted by Gasteiger charge is 2.09. The molecule has 0 saturated carbocycles. The highest BCUT2D eigenvalue weighted by molar-refractivity contribution is 7.99. The Hall–Kier alpha value is -0.280. The number of hydrogen-bond acceptors (Lipinski definition) is 3. The van der Waals surface area contributed by atoms with Crippen LogP contribution < -0.4 is 0 Å². The van der Waals surface area contributed by atoms with Gasteiger partial charge in [-0.1, -0.05) is 0 Å². The minimum Gasteiger partial charge on any atom is -0.226 e. The molecule has 0 bridgehead atoms. The maximum Gasteiger partial charge on any atom is 0.222 e. The summed E-state index contributed by atoms with van der Waals surface area (Å²) in [5.74, 6) is 2.33. The van der Waals surface area contributed by atoms with Crippen LogP contribution in [0.4, 0.5) is 0 Å². The highest BCUT2D eigenvalue weighted by atomic mass is 35.5. The molecule has 0 N–H and O–H groups in total. The van der Waals surface area contributed by atoms with Crippen LogP contribution in [0.25, 0.3) is 0 Å². The Labute approximate surface area is 80.8 Å². The van der Waals surface area contributed by atoms with Crippen LogP contribution in [0, 0.1) is 0 Å². The molecule has 0 unspecified atom stereocenters. The van der Waals surface area contributed by atoms with E-state index in [0.717, 1.165) is 24.3 Å². The van der Waals surface area contributed by atoms with Crippen LogP contribution >= 0.6 is 23.4 Å². The molecule has 0 aromatic carbocycles. The Balaban J connectivity index is 2.36. The van der Waals surface area contributed by atoms with Gasteiger partial charge in [-0.25, -0.2) is 9.97 Å². The molecule has 1 aromatic heterocycles. The number of aryl methyl sites for hydroxylation is 2. The highest BCUT2D eigenvalue weighted by Crippen LogP contribution is 2.18. The normalized spacial score (nSPS) is 16.8. The maximum atomic E-state index is 5.70. The number of fused-ring (bicyclic) bond motifs is 1. The van der Waals surface area contributed by atoms with E-state index >= 15 is 0 Å². The van der Waals surface area contributed by atoms with E-state index in [1.165, 1.54) is 11.3 Å². The largest absolute Gasteiger partial charge is 0.226 e. The molecule has 0 amide bonds. The predicted octanol–water partition coefficient (Wildman–Crippen LogP) is 1.96. The van der Waals surface area contributed by atoms with Crippen molar-refractivity contribution in [2.45, 2.75) is 12.8 Å². The fourth-order valence-corrected chi connectivity index (χ4v) is 2.35. The van der Waals surface area contributed by atoms with E-state index in [2.05, 4.69) is 9.97 Å². The van der Waals surface area contributed by atoms with Crippen LogP contribution in [0.5, 0.6) is 0 Å². The van der Waals surface area contributed by atoms with Crippen molar-refractivity contribution in [3.05, 3.63) is 22.7 Å². The second-order valence-electron chi connectivity index (χ2n) is 2.72. The van der Waals surface area contributed by atoms with E-state index in [-0.39, 0.29) is 0 Å². The summed E-state index contributed by atoms with van der Waals surface area (Å²) in [7, 11) is 0. The van der Waals surface area contributed by atoms with Gasteiger partial charge in [0.1, 0.15) is 0 Å². The Kier molecular flexibility index (Phi) is 2.51. The summed E-state index contributed by atoms with van der Waals surface area (Å²) < 4.78 is 0. The van der Waals surface area contributed by atoms with E-state index in [0.29, 0.717) is 5.28 Å². The minimum absolute atomic E-state index is 0.376. The average molecular weight is 201 g/mol. The molecule has 12 heavy (non-hydrogen) atoms. The molecule has 0 spiro atoms. The SMILES string of the molecule is Clc1ncc2c(n1)CCSCC2. The lowest BCUT2D eigenvalue weighted by atomic mass is 10.1. The molecular formula is C8H9ClN2S. The van der Waals surface area contributed by atoms with Gasteiger partial charge in [-0.05, 0) is 41.5 Å². The second kappa shape index (κ2) is 3.62. The van der Waals surface area contributed by atoms with Gasteiger partial charge in [-0.2, -0.15) is 11.8 Å². The van der Waals surface area contributed by atoms with Crippen LogP contribution in [-0.2, 0) is 12.8 Å². The molecule has 4 heteroatoms. The van der Waals surface area contributed by atoms with Gasteiger partial charge >= 0.3 is 0 Å². The summed E-state index contributed by atoms with van der Waals surface area (Å²) in [5.41, 5.74) is 2.41. The number of rotatable bonds is 0. The fourth-order valence-electron chi connectivity index (χ4n) is 1.30. The van der Waals surface area contributed by atoms with Crippen molar-refractivity contribution in [3.8, 4) is 0 Å². The molecule has 64 valence electrons. The lowest BCUT2D eigenvalue weighted by Crippen LogP contribution is -1.98. The molecule has 2 heterocycles. The fraction of sp³-hybridized carbons (Fsp3) is 0.500. The van der Waals surface area contributed by atoms with Crippen molar-refractivity contribution in [2.24, 2.45) is 0 Å². The van der Waals surface area contributed by atoms with Crippen molar-refractivity contribution in [1.29, 1.82) is 0 Å². The van der Waals surface area contributed by atoms with Gasteiger partial charge in [-0.3, -0.25) is 0 Å². The smallest absolute Gasteiger partial charge is 0.222 e. The third kappa shape index (κ3) is 1.72. The van der Waals surface area contributed by atoms with Gasteiger partial charge < -0.3 is 0 Å². The summed E-state index contributed by atoms with van der Waals surface area (Å²) in [6.45, 7) is 0. The van der Waals surface area contributed by atoms with Gasteiger partial charge in [-0.15, -0.1) is 0 Å². The molecule has 0 aliphatic carbocycles. The summed E-state index contributed by atoms with van der Waals surface area (Å²) in [5, 5.41) is 0.376. The van der Waals surface area contributed by atoms with E-state index in [1.54, 1.807) is 0 Å². The third-order valence-corrected chi connectivity index (χ3v) is 3.09. The van der Waals surface area contributed by atoms with Gasteiger partial charge in [0.15, 0.2) is 0 Å². The summed E-state index contributed by atoms with van der Waals surface area (Å²) >= 11 is 7.67. The molecule has 2 nitrogen and oxygen atoms in total. The van der Waals surface area contributed by atoms with Crippen molar-refractivity contribution in [3.63, 3.8) is 0 Å². The van der Waals surface area contributed by atoms with Gasteiger partial charge in [0.2, 0.25) is 5.28 Å². The number of aromatic nitrogens is 2. The van der Waals surface area contributed by atoms with Crippen LogP contribution in [-0.4, -0.2) is 21.5 Å². The Bertz CT molecular complexity index is 290. The Morgan fingerprint density at radius 3 is 3.08 bits per heavy atom. The third-order valence-electron chi connectivity index (χ3n) is 1.92. The first-order valence-electron chi connectivity index (χ1n) is 3.94. The van der Waals surface area contributed by atoms with Crippen molar-refractivity contribution in [2.75, 3.05) is 11.5 Å². The number of halogens is 1. The van der Waals surface area contributed by atoms with E-state index < -0.39 is 0 Å². The molecule has 0 radical (unpaired) electrons. The summed E-state index contributed by atoms with van der Waals surface area (Å²) in [6.07, 6.45) is 3.97. The number of thioether (sulfide) groups is 1. The van der Waals surface area contributed by atoms with Gasteiger partial charge in [0, 0.05) is 11.9 Å². The first-order valence-corrected chi connectivity index (χ1v) is 5.47. The summed E-state index contributed by atoms with van der Waals surface area (Å²) in [4.78, 5) is 8.19. The maximum absolute atomic E-state index is 5.70. The molecular weight excluding hydrogens is 192 g/mol. The average Bonchev–Trinajstić information content (AvgIpc) is 2.28. The molecule has 1 aliphatic heterocycles. The molecule has 0 saturated heterocycles. The first-order chi connectivity index (χ1) is 5.86.